The van der Waals surface area contributed by atoms with Gasteiger partial charge in [0.15, 0.2) is 17.6 Å². The zero-order valence-electron chi connectivity index (χ0n) is 34.0. The summed E-state index contributed by atoms with van der Waals surface area (Å²) < 4.78 is 24.6. The smallest absolute Gasteiger partial charge is 0.411 e. The fourth-order valence-electron chi connectivity index (χ4n) is 7.63. The van der Waals surface area contributed by atoms with Crippen LogP contribution in [0.2, 0.25) is 0 Å². The highest BCUT2D eigenvalue weighted by atomic mass is 16.6. The number of amides is 2. The first-order chi connectivity index (χ1) is 28.7. The van der Waals surface area contributed by atoms with Crippen LogP contribution in [-0.4, -0.2) is 41.1 Å². The van der Waals surface area contributed by atoms with Crippen molar-refractivity contribution in [1.82, 2.24) is 15.2 Å². The molecule has 0 aliphatic carbocycles. The standard InChI is InChI=1S/C50H49N3O6/c1-32-10-11-38(24-33(32)2)30-56-43-18-16-40(17-19-43)48-31-57-46-26-41-25-45(53(28-42(41)27-47(46)59-48)50(55)58-29-37-8-6-5-7-9-37)49(54)52-22-20-36-12-14-39(15-13-36)44-21-23-51-35(4)34(44)3/h5-19,21,23-24,26-27,45,48H,20,22,25,28-31H2,1-4H3,(H,52,54). The lowest BCUT2D eigenvalue weighted by Crippen LogP contribution is -2.53. The van der Waals surface area contributed by atoms with Gasteiger partial charge in [-0.05, 0) is 126 Å². The highest BCUT2D eigenvalue weighted by molar-refractivity contribution is 5.86. The van der Waals surface area contributed by atoms with Gasteiger partial charge in [0.1, 0.15) is 31.6 Å². The number of ether oxygens (including phenoxy) is 4. The Morgan fingerprint density at radius 3 is 2.32 bits per heavy atom. The van der Waals surface area contributed by atoms with Crippen molar-refractivity contribution in [3.05, 3.63) is 177 Å². The molecule has 3 heterocycles. The lowest BCUT2D eigenvalue weighted by atomic mass is 9.92. The Morgan fingerprint density at radius 2 is 1.54 bits per heavy atom. The molecule has 2 aliphatic heterocycles. The summed E-state index contributed by atoms with van der Waals surface area (Å²) in [7, 11) is 0. The van der Waals surface area contributed by atoms with Crippen LogP contribution >= 0.6 is 0 Å². The summed E-state index contributed by atoms with van der Waals surface area (Å²) in [6.07, 6.45) is 1.91. The number of carbonyl (C=O) groups excluding carboxylic acids is 2. The van der Waals surface area contributed by atoms with E-state index in [-0.39, 0.29) is 25.2 Å². The van der Waals surface area contributed by atoms with Crippen molar-refractivity contribution in [2.75, 3.05) is 13.2 Å². The number of hydrogen-bond donors (Lipinski definition) is 1. The van der Waals surface area contributed by atoms with Gasteiger partial charge in [-0.25, -0.2) is 4.79 Å². The number of aromatic nitrogens is 1. The molecule has 1 N–H and O–H groups in total. The molecule has 0 radical (unpaired) electrons. The summed E-state index contributed by atoms with van der Waals surface area (Å²) in [6.45, 7) is 9.84. The average Bonchev–Trinajstić information content (AvgIpc) is 3.26. The van der Waals surface area contributed by atoms with E-state index >= 15 is 0 Å². The third kappa shape index (κ3) is 9.10. The lowest BCUT2D eigenvalue weighted by Gasteiger charge is -2.36. The number of rotatable bonds is 11. The Labute approximate surface area is 345 Å². The van der Waals surface area contributed by atoms with Crippen LogP contribution in [0.5, 0.6) is 17.2 Å². The molecule has 0 fully saturated rings. The maximum Gasteiger partial charge on any atom is 0.411 e. The molecule has 8 rings (SSSR count). The first-order valence-electron chi connectivity index (χ1n) is 20.2. The van der Waals surface area contributed by atoms with Crippen LogP contribution in [0.1, 0.15) is 61.9 Å². The summed E-state index contributed by atoms with van der Waals surface area (Å²) in [5.41, 5.74) is 12.8. The molecule has 6 aromatic rings. The summed E-state index contributed by atoms with van der Waals surface area (Å²) in [6, 6.07) is 37.3. The number of fused-ring (bicyclic) bond motifs is 2. The van der Waals surface area contributed by atoms with Gasteiger partial charge in [-0.1, -0.05) is 84.9 Å². The fourth-order valence-corrected chi connectivity index (χ4v) is 7.63. The maximum absolute atomic E-state index is 13.9. The first-order valence-corrected chi connectivity index (χ1v) is 20.2. The van der Waals surface area contributed by atoms with Crippen molar-refractivity contribution in [2.45, 2.75) is 72.4 Å². The number of pyridine rings is 1. The zero-order chi connectivity index (χ0) is 40.9. The number of hydrogen-bond acceptors (Lipinski definition) is 7. The van der Waals surface area contributed by atoms with Crippen LogP contribution in [0.4, 0.5) is 4.79 Å². The molecule has 2 amide bonds. The highest BCUT2D eigenvalue weighted by Crippen LogP contribution is 2.41. The third-order valence-electron chi connectivity index (χ3n) is 11.5. The van der Waals surface area contributed by atoms with E-state index in [9.17, 15) is 9.59 Å². The molecule has 9 heteroatoms. The van der Waals surface area contributed by atoms with E-state index in [0.29, 0.717) is 44.1 Å². The van der Waals surface area contributed by atoms with Crippen molar-refractivity contribution in [3.63, 3.8) is 0 Å². The second-order valence-electron chi connectivity index (χ2n) is 15.5. The molecule has 1 aromatic heterocycles. The quantitative estimate of drug-likeness (QED) is 0.140. The largest absolute Gasteiger partial charge is 0.489 e. The van der Waals surface area contributed by atoms with Gasteiger partial charge in [0.2, 0.25) is 5.91 Å². The van der Waals surface area contributed by atoms with Crippen molar-refractivity contribution >= 4 is 12.0 Å². The average molecular weight is 788 g/mol. The minimum absolute atomic E-state index is 0.101. The van der Waals surface area contributed by atoms with E-state index in [1.54, 1.807) is 0 Å². The second-order valence-corrected chi connectivity index (χ2v) is 15.5. The Hall–Kier alpha value is -6.61. The third-order valence-corrected chi connectivity index (χ3v) is 11.5. The first kappa shape index (κ1) is 39.2. The monoisotopic (exact) mass is 787 g/mol. The van der Waals surface area contributed by atoms with Gasteiger partial charge in [0.05, 0.1) is 6.54 Å². The summed E-state index contributed by atoms with van der Waals surface area (Å²) in [5.74, 6) is 1.75. The predicted octanol–water partition coefficient (Wildman–Crippen LogP) is 9.50. The Balaban J connectivity index is 0.934. The van der Waals surface area contributed by atoms with E-state index in [2.05, 4.69) is 73.5 Å². The Kier molecular flexibility index (Phi) is 11.6. The molecule has 0 spiro atoms. The van der Waals surface area contributed by atoms with Gasteiger partial charge in [0, 0.05) is 24.9 Å². The maximum atomic E-state index is 13.9. The lowest BCUT2D eigenvalue weighted by molar-refractivity contribution is -0.126. The fraction of sp³-hybridized carbons (Fsp3) is 0.260. The van der Waals surface area contributed by atoms with Gasteiger partial charge in [-0.15, -0.1) is 0 Å². The Morgan fingerprint density at radius 1 is 0.780 bits per heavy atom. The van der Waals surface area contributed by atoms with Crippen LogP contribution in [-0.2, 0) is 42.1 Å². The molecule has 0 saturated heterocycles. The molecule has 300 valence electrons. The van der Waals surface area contributed by atoms with Crippen molar-refractivity contribution in [3.8, 4) is 28.4 Å². The van der Waals surface area contributed by atoms with E-state index in [4.69, 9.17) is 18.9 Å². The number of nitrogens with zero attached hydrogens (tertiary/aromatic N) is 2. The molecule has 9 nitrogen and oxygen atoms in total. The molecular weight excluding hydrogens is 739 g/mol. The second kappa shape index (κ2) is 17.5. The predicted molar refractivity (Wildman–Crippen MR) is 228 cm³/mol. The van der Waals surface area contributed by atoms with E-state index < -0.39 is 12.1 Å². The number of benzene rings is 5. The summed E-state index contributed by atoms with van der Waals surface area (Å²) in [5, 5.41) is 3.10. The summed E-state index contributed by atoms with van der Waals surface area (Å²) in [4.78, 5) is 33.6. The van der Waals surface area contributed by atoms with Crippen molar-refractivity contribution < 1.29 is 28.5 Å². The molecule has 2 aliphatic rings. The van der Waals surface area contributed by atoms with E-state index in [0.717, 1.165) is 61.5 Å². The van der Waals surface area contributed by atoms with E-state index in [1.807, 2.05) is 85.9 Å². The number of nitrogens with one attached hydrogen (secondary N) is 1. The van der Waals surface area contributed by atoms with Gasteiger partial charge in [-0.2, -0.15) is 0 Å². The minimum Gasteiger partial charge on any atom is -0.489 e. The van der Waals surface area contributed by atoms with Crippen LogP contribution in [0.25, 0.3) is 11.1 Å². The highest BCUT2D eigenvalue weighted by Gasteiger charge is 2.37. The summed E-state index contributed by atoms with van der Waals surface area (Å²) >= 11 is 0. The van der Waals surface area contributed by atoms with Crippen LogP contribution in [0.3, 0.4) is 0 Å². The number of aryl methyl sites for hydroxylation is 3. The van der Waals surface area contributed by atoms with Crippen LogP contribution in [0, 0.1) is 27.7 Å². The van der Waals surface area contributed by atoms with Crippen molar-refractivity contribution in [1.29, 1.82) is 0 Å². The van der Waals surface area contributed by atoms with Crippen LogP contribution in [0.15, 0.2) is 121 Å². The van der Waals surface area contributed by atoms with E-state index in [1.165, 1.54) is 16.0 Å². The minimum atomic E-state index is -0.767. The molecule has 0 saturated carbocycles. The molecule has 5 aromatic carbocycles. The topological polar surface area (TPSA) is 99.2 Å². The molecule has 0 bridgehead atoms. The molecule has 59 heavy (non-hydrogen) atoms. The SMILES string of the molecule is Cc1ccc(COc2ccc(C3COc4cc5c(cc4O3)CN(C(=O)OCc3ccccc3)C(C(=O)NCCc3ccc(-c4ccnc(C)c4C)cc3)C5)cc2)cc1C. The van der Waals surface area contributed by atoms with Gasteiger partial charge in [-0.3, -0.25) is 14.7 Å². The number of carbonyl (C=O) groups is 2. The van der Waals surface area contributed by atoms with Gasteiger partial charge in [0.25, 0.3) is 0 Å². The zero-order valence-corrected chi connectivity index (χ0v) is 34.0. The Bertz CT molecular complexity index is 2450. The van der Waals surface area contributed by atoms with Crippen LogP contribution < -0.4 is 19.5 Å². The molecule has 2 unspecified atom stereocenters. The molecular formula is C50H49N3O6. The normalized spacial score (nSPS) is 15.6. The molecule has 2 atom stereocenters. The van der Waals surface area contributed by atoms with Gasteiger partial charge >= 0.3 is 6.09 Å². The van der Waals surface area contributed by atoms with Crippen molar-refractivity contribution in [2.24, 2.45) is 0 Å². The van der Waals surface area contributed by atoms with Gasteiger partial charge < -0.3 is 24.3 Å².